The summed E-state index contributed by atoms with van der Waals surface area (Å²) in [6, 6.07) is 19.8. The van der Waals surface area contributed by atoms with Crippen LogP contribution in [0.2, 0.25) is 0 Å². The highest BCUT2D eigenvalue weighted by molar-refractivity contribution is 5.42. The van der Waals surface area contributed by atoms with Crippen molar-refractivity contribution in [3.63, 3.8) is 0 Å². The van der Waals surface area contributed by atoms with Crippen LogP contribution in [0.5, 0.6) is 0 Å². The van der Waals surface area contributed by atoms with Crippen molar-refractivity contribution >= 4 is 5.69 Å². The SMILES string of the molecule is O[C@@H](CNc1ccccc1)COCc1ccccc1. The van der Waals surface area contributed by atoms with Crippen molar-refractivity contribution in [2.75, 3.05) is 18.5 Å². The first kappa shape index (κ1) is 13.6. The van der Waals surface area contributed by atoms with E-state index < -0.39 is 6.10 Å². The standard InChI is InChI=1S/C16H19NO2/c18-16(11-17-15-9-5-2-6-10-15)13-19-12-14-7-3-1-4-8-14/h1-10,16-18H,11-13H2/t16-/m0/s1. The first-order chi connectivity index (χ1) is 9.34. The van der Waals surface area contributed by atoms with E-state index in [0.29, 0.717) is 19.8 Å². The molecule has 0 heterocycles. The summed E-state index contributed by atoms with van der Waals surface area (Å²) in [7, 11) is 0. The van der Waals surface area contributed by atoms with Crippen LogP contribution in [-0.4, -0.2) is 24.4 Å². The van der Waals surface area contributed by atoms with Crippen LogP contribution < -0.4 is 5.32 Å². The van der Waals surface area contributed by atoms with Gasteiger partial charge in [0, 0.05) is 12.2 Å². The molecule has 2 aromatic rings. The number of aliphatic hydroxyl groups is 1. The maximum atomic E-state index is 9.80. The Balaban J connectivity index is 1.64. The number of hydrogen-bond donors (Lipinski definition) is 2. The Morgan fingerprint density at radius 2 is 1.58 bits per heavy atom. The van der Waals surface area contributed by atoms with Crippen molar-refractivity contribution < 1.29 is 9.84 Å². The number of para-hydroxylation sites is 1. The molecule has 100 valence electrons. The third-order valence-electron chi connectivity index (χ3n) is 2.74. The first-order valence-electron chi connectivity index (χ1n) is 6.43. The zero-order valence-electron chi connectivity index (χ0n) is 10.8. The lowest BCUT2D eigenvalue weighted by atomic mass is 10.2. The summed E-state index contributed by atoms with van der Waals surface area (Å²) in [6.07, 6.45) is -0.510. The number of rotatable bonds is 7. The quantitative estimate of drug-likeness (QED) is 0.801. The molecule has 0 saturated carbocycles. The van der Waals surface area contributed by atoms with Crippen LogP contribution >= 0.6 is 0 Å². The lowest BCUT2D eigenvalue weighted by molar-refractivity contribution is 0.0348. The molecule has 2 N–H and O–H groups in total. The maximum Gasteiger partial charge on any atom is 0.0945 e. The molecule has 0 fully saturated rings. The Labute approximate surface area is 113 Å². The normalized spacial score (nSPS) is 12.1. The minimum Gasteiger partial charge on any atom is -0.389 e. The van der Waals surface area contributed by atoms with E-state index >= 15 is 0 Å². The first-order valence-corrected chi connectivity index (χ1v) is 6.43. The van der Waals surface area contributed by atoms with Gasteiger partial charge in [0.2, 0.25) is 0 Å². The summed E-state index contributed by atoms with van der Waals surface area (Å²) < 4.78 is 5.48. The molecule has 0 aromatic heterocycles. The van der Waals surface area contributed by atoms with Gasteiger partial charge < -0.3 is 15.2 Å². The predicted octanol–water partition coefficient (Wildman–Crippen LogP) is 2.68. The fourth-order valence-corrected chi connectivity index (χ4v) is 1.74. The highest BCUT2D eigenvalue weighted by Crippen LogP contribution is 2.05. The second kappa shape index (κ2) is 7.56. The van der Waals surface area contributed by atoms with E-state index in [4.69, 9.17) is 4.74 Å². The Morgan fingerprint density at radius 3 is 2.26 bits per heavy atom. The second-order valence-electron chi connectivity index (χ2n) is 4.40. The molecule has 0 aliphatic carbocycles. The molecule has 2 rings (SSSR count). The fraction of sp³-hybridized carbons (Fsp3) is 0.250. The zero-order valence-corrected chi connectivity index (χ0v) is 10.8. The molecule has 19 heavy (non-hydrogen) atoms. The second-order valence-corrected chi connectivity index (χ2v) is 4.40. The van der Waals surface area contributed by atoms with Gasteiger partial charge in [0.25, 0.3) is 0 Å². The van der Waals surface area contributed by atoms with Crippen LogP contribution in [0.4, 0.5) is 5.69 Å². The van der Waals surface area contributed by atoms with Crippen molar-refractivity contribution in [1.29, 1.82) is 0 Å². The number of aliphatic hydroxyl groups excluding tert-OH is 1. The van der Waals surface area contributed by atoms with Crippen LogP contribution in [0.3, 0.4) is 0 Å². The summed E-state index contributed by atoms with van der Waals surface area (Å²) in [4.78, 5) is 0. The van der Waals surface area contributed by atoms with Gasteiger partial charge >= 0.3 is 0 Å². The van der Waals surface area contributed by atoms with Gasteiger partial charge in [-0.2, -0.15) is 0 Å². The molecule has 1 atom stereocenters. The van der Waals surface area contributed by atoms with Crippen LogP contribution in [-0.2, 0) is 11.3 Å². The van der Waals surface area contributed by atoms with Crippen LogP contribution in [0, 0.1) is 0 Å². The third-order valence-corrected chi connectivity index (χ3v) is 2.74. The molecule has 3 heteroatoms. The Kier molecular flexibility index (Phi) is 5.41. The summed E-state index contributed by atoms with van der Waals surface area (Å²) >= 11 is 0. The van der Waals surface area contributed by atoms with E-state index in [9.17, 15) is 5.11 Å². The largest absolute Gasteiger partial charge is 0.389 e. The van der Waals surface area contributed by atoms with Crippen LogP contribution in [0.1, 0.15) is 5.56 Å². The molecule has 0 spiro atoms. The van der Waals surface area contributed by atoms with Gasteiger partial charge in [-0.05, 0) is 17.7 Å². The van der Waals surface area contributed by atoms with E-state index in [-0.39, 0.29) is 0 Å². The summed E-state index contributed by atoms with van der Waals surface area (Å²) in [5.41, 5.74) is 2.12. The fourth-order valence-electron chi connectivity index (χ4n) is 1.74. The molecule has 0 unspecified atom stereocenters. The smallest absolute Gasteiger partial charge is 0.0945 e. The zero-order chi connectivity index (χ0) is 13.3. The van der Waals surface area contributed by atoms with Gasteiger partial charge in [0.15, 0.2) is 0 Å². The number of benzene rings is 2. The van der Waals surface area contributed by atoms with Crippen molar-refractivity contribution in [2.24, 2.45) is 0 Å². The Hall–Kier alpha value is -1.84. The van der Waals surface area contributed by atoms with Gasteiger partial charge in [-0.15, -0.1) is 0 Å². The van der Waals surface area contributed by atoms with E-state index in [1.165, 1.54) is 0 Å². The predicted molar refractivity (Wildman–Crippen MR) is 77.0 cm³/mol. The molecular weight excluding hydrogens is 238 g/mol. The van der Waals surface area contributed by atoms with E-state index in [2.05, 4.69) is 5.32 Å². The number of hydrogen-bond acceptors (Lipinski definition) is 3. The van der Waals surface area contributed by atoms with E-state index in [1.54, 1.807) is 0 Å². The topological polar surface area (TPSA) is 41.5 Å². The van der Waals surface area contributed by atoms with Crippen LogP contribution in [0.15, 0.2) is 60.7 Å². The highest BCUT2D eigenvalue weighted by Gasteiger charge is 2.04. The van der Waals surface area contributed by atoms with Gasteiger partial charge in [0.1, 0.15) is 0 Å². The van der Waals surface area contributed by atoms with Gasteiger partial charge in [-0.25, -0.2) is 0 Å². The average molecular weight is 257 g/mol. The maximum absolute atomic E-state index is 9.80. The minimum absolute atomic E-state index is 0.328. The van der Waals surface area contributed by atoms with Crippen molar-refractivity contribution in [2.45, 2.75) is 12.7 Å². The van der Waals surface area contributed by atoms with Gasteiger partial charge in [-0.1, -0.05) is 48.5 Å². The Morgan fingerprint density at radius 1 is 0.947 bits per heavy atom. The van der Waals surface area contributed by atoms with Crippen molar-refractivity contribution in [1.82, 2.24) is 0 Å². The summed E-state index contributed by atoms with van der Waals surface area (Å²) in [5.74, 6) is 0. The third kappa shape index (κ3) is 5.12. The summed E-state index contributed by atoms with van der Waals surface area (Å²) in [5, 5.41) is 13.0. The van der Waals surface area contributed by atoms with Crippen molar-refractivity contribution in [3.8, 4) is 0 Å². The lowest BCUT2D eigenvalue weighted by Gasteiger charge is -2.13. The summed E-state index contributed by atoms with van der Waals surface area (Å²) in [6.45, 7) is 1.34. The van der Waals surface area contributed by atoms with E-state index in [1.807, 2.05) is 60.7 Å². The number of anilines is 1. The molecule has 0 aliphatic heterocycles. The number of nitrogens with one attached hydrogen (secondary N) is 1. The molecule has 0 bridgehead atoms. The molecule has 0 radical (unpaired) electrons. The highest BCUT2D eigenvalue weighted by atomic mass is 16.5. The lowest BCUT2D eigenvalue weighted by Crippen LogP contribution is -2.24. The minimum atomic E-state index is -0.510. The van der Waals surface area contributed by atoms with Gasteiger partial charge in [-0.3, -0.25) is 0 Å². The van der Waals surface area contributed by atoms with E-state index in [0.717, 1.165) is 11.3 Å². The average Bonchev–Trinajstić information content (AvgIpc) is 2.47. The molecule has 3 nitrogen and oxygen atoms in total. The molecule has 0 saturated heterocycles. The molecule has 2 aromatic carbocycles. The Bertz CT molecular complexity index is 459. The van der Waals surface area contributed by atoms with Crippen molar-refractivity contribution in [3.05, 3.63) is 66.2 Å². The number of ether oxygens (including phenoxy) is 1. The molecule has 0 aliphatic rings. The monoisotopic (exact) mass is 257 g/mol. The molecular formula is C16H19NO2. The van der Waals surface area contributed by atoms with Gasteiger partial charge in [0.05, 0.1) is 19.3 Å². The molecule has 0 amide bonds. The van der Waals surface area contributed by atoms with Crippen LogP contribution in [0.25, 0.3) is 0 Å².